The third kappa shape index (κ3) is 3.12. The van der Waals surface area contributed by atoms with Gasteiger partial charge in [0.15, 0.2) is 0 Å². The van der Waals surface area contributed by atoms with Gasteiger partial charge in [-0.2, -0.15) is 5.26 Å². The summed E-state index contributed by atoms with van der Waals surface area (Å²) in [4.78, 5) is 13.8. The highest BCUT2D eigenvalue weighted by Crippen LogP contribution is 2.17. The van der Waals surface area contributed by atoms with E-state index in [4.69, 9.17) is 16.9 Å². The molecular weight excluding hydrogens is 260 g/mol. The maximum absolute atomic E-state index is 12.4. The Labute approximate surface area is 116 Å². The van der Waals surface area contributed by atoms with Crippen molar-refractivity contribution in [2.75, 3.05) is 11.4 Å². The van der Waals surface area contributed by atoms with Gasteiger partial charge in [0.25, 0.3) is 5.91 Å². The van der Waals surface area contributed by atoms with Gasteiger partial charge < -0.3 is 0 Å². The van der Waals surface area contributed by atoms with E-state index in [9.17, 15) is 4.79 Å². The lowest BCUT2D eigenvalue weighted by Gasteiger charge is -2.19. The summed E-state index contributed by atoms with van der Waals surface area (Å²) in [7, 11) is 0. The van der Waals surface area contributed by atoms with Gasteiger partial charge in [0.1, 0.15) is 6.54 Å². The van der Waals surface area contributed by atoms with Gasteiger partial charge in [-0.25, -0.2) is 0 Å². The zero-order valence-electron chi connectivity index (χ0n) is 10.1. The summed E-state index contributed by atoms with van der Waals surface area (Å²) in [5.41, 5.74) is 1.20. The van der Waals surface area contributed by atoms with Gasteiger partial charge in [-0.1, -0.05) is 29.8 Å². The molecule has 0 aliphatic heterocycles. The van der Waals surface area contributed by atoms with Crippen molar-refractivity contribution in [3.63, 3.8) is 0 Å². The highest BCUT2D eigenvalue weighted by molar-refractivity contribution is 6.30. The van der Waals surface area contributed by atoms with Gasteiger partial charge in [0, 0.05) is 16.3 Å². The van der Waals surface area contributed by atoms with Gasteiger partial charge in [0.05, 0.1) is 6.07 Å². The third-order valence-electron chi connectivity index (χ3n) is 2.63. The number of nitrogens with zero attached hydrogens (tertiary/aromatic N) is 2. The van der Waals surface area contributed by atoms with Crippen molar-refractivity contribution in [2.24, 2.45) is 0 Å². The molecule has 0 aliphatic carbocycles. The quantitative estimate of drug-likeness (QED) is 0.801. The van der Waals surface area contributed by atoms with E-state index >= 15 is 0 Å². The van der Waals surface area contributed by atoms with E-state index in [1.165, 1.54) is 4.90 Å². The number of rotatable bonds is 3. The van der Waals surface area contributed by atoms with Crippen LogP contribution in [0.25, 0.3) is 0 Å². The molecule has 0 aromatic heterocycles. The van der Waals surface area contributed by atoms with Gasteiger partial charge >= 0.3 is 0 Å². The van der Waals surface area contributed by atoms with Crippen LogP contribution in [0.1, 0.15) is 10.4 Å². The fourth-order valence-corrected chi connectivity index (χ4v) is 1.83. The number of hydrogen-bond acceptors (Lipinski definition) is 2. The van der Waals surface area contributed by atoms with Crippen LogP contribution in [-0.2, 0) is 0 Å². The second kappa shape index (κ2) is 6.03. The monoisotopic (exact) mass is 270 g/mol. The second-order valence-corrected chi connectivity index (χ2v) is 4.33. The number of hydrogen-bond donors (Lipinski definition) is 0. The SMILES string of the molecule is N#CCN(C(=O)c1ccc(Cl)cc1)c1ccccc1. The summed E-state index contributed by atoms with van der Waals surface area (Å²) >= 11 is 5.80. The van der Waals surface area contributed by atoms with Gasteiger partial charge in [-0.15, -0.1) is 0 Å². The number of nitriles is 1. The number of carbonyl (C=O) groups excluding carboxylic acids is 1. The number of halogens is 1. The lowest BCUT2D eigenvalue weighted by molar-refractivity contribution is 0.0990. The van der Waals surface area contributed by atoms with Crippen molar-refractivity contribution in [3.05, 3.63) is 65.2 Å². The topological polar surface area (TPSA) is 44.1 Å². The molecule has 0 N–H and O–H groups in total. The summed E-state index contributed by atoms with van der Waals surface area (Å²) < 4.78 is 0. The fourth-order valence-electron chi connectivity index (χ4n) is 1.71. The summed E-state index contributed by atoms with van der Waals surface area (Å²) in [5, 5.41) is 9.45. The smallest absolute Gasteiger partial charge is 0.259 e. The Morgan fingerprint density at radius 1 is 1.11 bits per heavy atom. The van der Waals surface area contributed by atoms with E-state index in [2.05, 4.69) is 0 Å². The molecular formula is C15H11ClN2O. The average molecular weight is 271 g/mol. The Morgan fingerprint density at radius 2 is 1.74 bits per heavy atom. The summed E-state index contributed by atoms with van der Waals surface area (Å²) in [6, 6.07) is 17.7. The summed E-state index contributed by atoms with van der Waals surface area (Å²) in [6.07, 6.45) is 0. The molecule has 0 radical (unpaired) electrons. The molecule has 4 heteroatoms. The molecule has 19 heavy (non-hydrogen) atoms. The lowest BCUT2D eigenvalue weighted by atomic mass is 10.2. The molecule has 2 aromatic carbocycles. The van der Waals surface area contributed by atoms with Crippen molar-refractivity contribution in [3.8, 4) is 6.07 Å². The van der Waals surface area contributed by atoms with Crippen molar-refractivity contribution >= 4 is 23.2 Å². The predicted octanol–water partition coefficient (Wildman–Crippen LogP) is 3.51. The van der Waals surface area contributed by atoms with E-state index in [0.717, 1.165) is 0 Å². The van der Waals surface area contributed by atoms with E-state index in [-0.39, 0.29) is 12.5 Å². The van der Waals surface area contributed by atoms with Gasteiger partial charge in [0.2, 0.25) is 0 Å². The minimum absolute atomic E-state index is 0.00543. The number of carbonyl (C=O) groups is 1. The molecule has 0 spiro atoms. The first-order valence-electron chi connectivity index (χ1n) is 5.72. The Morgan fingerprint density at radius 3 is 2.32 bits per heavy atom. The van der Waals surface area contributed by atoms with Crippen LogP contribution in [0, 0.1) is 11.3 Å². The first kappa shape index (κ1) is 13.1. The molecule has 1 amide bonds. The van der Waals surface area contributed by atoms with Crippen LogP contribution in [0.4, 0.5) is 5.69 Å². The molecule has 0 fully saturated rings. The Balaban J connectivity index is 2.32. The molecule has 2 aromatic rings. The largest absolute Gasteiger partial charge is 0.295 e. The standard InChI is InChI=1S/C15H11ClN2O/c16-13-8-6-12(7-9-13)15(19)18(11-10-17)14-4-2-1-3-5-14/h1-9H,11H2. The predicted molar refractivity (Wildman–Crippen MR) is 75.2 cm³/mol. The van der Waals surface area contributed by atoms with Crippen LogP contribution < -0.4 is 4.90 Å². The summed E-state index contributed by atoms with van der Waals surface area (Å²) in [6.45, 7) is 0.00543. The molecule has 0 saturated heterocycles. The minimum Gasteiger partial charge on any atom is -0.295 e. The highest BCUT2D eigenvalue weighted by Gasteiger charge is 2.16. The molecule has 0 atom stereocenters. The molecule has 0 saturated carbocycles. The van der Waals surface area contributed by atoms with Crippen LogP contribution in [0.3, 0.4) is 0 Å². The van der Waals surface area contributed by atoms with E-state index in [1.807, 2.05) is 24.3 Å². The highest BCUT2D eigenvalue weighted by atomic mass is 35.5. The van der Waals surface area contributed by atoms with Gasteiger partial charge in [-0.05, 0) is 36.4 Å². The Bertz CT molecular complexity index is 602. The van der Waals surface area contributed by atoms with Crippen LogP contribution in [0.2, 0.25) is 5.02 Å². The van der Waals surface area contributed by atoms with Crippen LogP contribution in [0.5, 0.6) is 0 Å². The Hall–Kier alpha value is -2.31. The van der Waals surface area contributed by atoms with Crippen molar-refractivity contribution in [1.29, 1.82) is 5.26 Å². The van der Waals surface area contributed by atoms with Crippen molar-refractivity contribution < 1.29 is 4.79 Å². The number of para-hydroxylation sites is 1. The first-order valence-corrected chi connectivity index (χ1v) is 6.09. The Kier molecular flexibility index (Phi) is 4.17. The van der Waals surface area contributed by atoms with Gasteiger partial charge in [-0.3, -0.25) is 9.69 Å². The van der Waals surface area contributed by atoms with E-state index < -0.39 is 0 Å². The lowest BCUT2D eigenvalue weighted by Crippen LogP contribution is -2.31. The van der Waals surface area contributed by atoms with Crippen molar-refractivity contribution in [2.45, 2.75) is 0 Å². The third-order valence-corrected chi connectivity index (χ3v) is 2.88. The molecule has 3 nitrogen and oxygen atoms in total. The number of anilines is 1. The molecule has 0 heterocycles. The molecule has 2 rings (SSSR count). The van der Waals surface area contributed by atoms with E-state index in [1.54, 1.807) is 36.4 Å². The maximum atomic E-state index is 12.4. The van der Waals surface area contributed by atoms with Crippen LogP contribution in [-0.4, -0.2) is 12.5 Å². The molecule has 0 unspecified atom stereocenters. The number of amides is 1. The normalized spacial score (nSPS) is 9.68. The molecule has 0 bridgehead atoms. The zero-order valence-corrected chi connectivity index (χ0v) is 10.8. The maximum Gasteiger partial charge on any atom is 0.259 e. The van der Waals surface area contributed by atoms with E-state index in [0.29, 0.717) is 16.3 Å². The average Bonchev–Trinajstić information content (AvgIpc) is 2.46. The molecule has 0 aliphatic rings. The van der Waals surface area contributed by atoms with Crippen LogP contribution >= 0.6 is 11.6 Å². The molecule has 94 valence electrons. The zero-order chi connectivity index (χ0) is 13.7. The fraction of sp³-hybridized carbons (Fsp3) is 0.0667. The second-order valence-electron chi connectivity index (χ2n) is 3.89. The van der Waals surface area contributed by atoms with Crippen LogP contribution in [0.15, 0.2) is 54.6 Å². The van der Waals surface area contributed by atoms with Crippen molar-refractivity contribution in [1.82, 2.24) is 0 Å². The minimum atomic E-state index is -0.218. The summed E-state index contributed by atoms with van der Waals surface area (Å²) in [5.74, 6) is -0.218. The first-order chi connectivity index (χ1) is 9.22. The number of benzene rings is 2.